The highest BCUT2D eigenvalue weighted by atomic mass is 35.5. The summed E-state index contributed by atoms with van der Waals surface area (Å²) in [6.45, 7) is 0. The van der Waals surface area contributed by atoms with Gasteiger partial charge in [-0.15, -0.1) is 0 Å². The molecule has 3 rings (SSSR count). The van der Waals surface area contributed by atoms with Gasteiger partial charge in [0, 0.05) is 29.3 Å². The summed E-state index contributed by atoms with van der Waals surface area (Å²) in [5, 5.41) is 0.610. The summed E-state index contributed by atoms with van der Waals surface area (Å²) in [7, 11) is 0. The molecular formula is C20H19ClO2. The fourth-order valence-corrected chi connectivity index (χ4v) is 3.32. The lowest BCUT2D eigenvalue weighted by Gasteiger charge is -2.23. The molecule has 0 radical (unpaired) electrons. The molecule has 118 valence electrons. The summed E-state index contributed by atoms with van der Waals surface area (Å²) in [6.07, 6.45) is 3.26. The first kappa shape index (κ1) is 15.9. The SMILES string of the molecule is O=C(CCC(=O)C1CCc2ccccc2C1)c1ccc(Cl)cc1. The molecule has 1 aliphatic rings. The van der Waals surface area contributed by atoms with Gasteiger partial charge < -0.3 is 0 Å². The standard InChI is InChI=1S/C20H19ClO2/c21-18-9-7-15(8-10-18)19(22)11-12-20(23)17-6-5-14-3-1-2-4-16(14)13-17/h1-4,7-10,17H,5-6,11-13H2. The molecule has 0 N–H and O–H groups in total. The summed E-state index contributed by atoms with van der Waals surface area (Å²) in [5.74, 6) is 0.274. The van der Waals surface area contributed by atoms with Gasteiger partial charge in [-0.1, -0.05) is 35.9 Å². The van der Waals surface area contributed by atoms with Gasteiger partial charge in [0.1, 0.15) is 5.78 Å². The van der Waals surface area contributed by atoms with Crippen LogP contribution in [0.1, 0.15) is 40.7 Å². The smallest absolute Gasteiger partial charge is 0.163 e. The van der Waals surface area contributed by atoms with Crippen LogP contribution in [0.25, 0.3) is 0 Å². The van der Waals surface area contributed by atoms with Crippen molar-refractivity contribution in [3.8, 4) is 0 Å². The highest BCUT2D eigenvalue weighted by molar-refractivity contribution is 6.30. The van der Waals surface area contributed by atoms with E-state index in [-0.39, 0.29) is 23.9 Å². The van der Waals surface area contributed by atoms with Crippen molar-refractivity contribution in [3.05, 3.63) is 70.2 Å². The predicted octanol–water partition coefficient (Wildman–Crippen LogP) is 4.68. The Balaban J connectivity index is 1.56. The van der Waals surface area contributed by atoms with Gasteiger partial charge in [-0.2, -0.15) is 0 Å². The van der Waals surface area contributed by atoms with E-state index < -0.39 is 0 Å². The zero-order valence-electron chi connectivity index (χ0n) is 12.9. The molecule has 3 heteroatoms. The molecule has 0 fully saturated rings. The third kappa shape index (κ3) is 3.89. The highest BCUT2D eigenvalue weighted by Crippen LogP contribution is 2.27. The van der Waals surface area contributed by atoms with Crippen molar-refractivity contribution in [1.82, 2.24) is 0 Å². The number of aryl methyl sites for hydroxylation is 1. The van der Waals surface area contributed by atoms with Crippen LogP contribution in [0.3, 0.4) is 0 Å². The van der Waals surface area contributed by atoms with E-state index >= 15 is 0 Å². The van der Waals surface area contributed by atoms with Crippen LogP contribution in [0.2, 0.25) is 5.02 Å². The van der Waals surface area contributed by atoms with Crippen molar-refractivity contribution in [1.29, 1.82) is 0 Å². The summed E-state index contributed by atoms with van der Waals surface area (Å²) in [5.41, 5.74) is 3.26. The average molecular weight is 327 g/mol. The lowest BCUT2D eigenvalue weighted by molar-refractivity contribution is -0.123. The topological polar surface area (TPSA) is 34.1 Å². The van der Waals surface area contributed by atoms with Crippen LogP contribution in [-0.4, -0.2) is 11.6 Å². The van der Waals surface area contributed by atoms with Crippen LogP contribution in [0.4, 0.5) is 0 Å². The van der Waals surface area contributed by atoms with Crippen LogP contribution in [0.5, 0.6) is 0 Å². The second-order valence-corrected chi connectivity index (χ2v) is 6.54. The van der Waals surface area contributed by atoms with E-state index in [0.29, 0.717) is 17.0 Å². The van der Waals surface area contributed by atoms with Gasteiger partial charge in [-0.25, -0.2) is 0 Å². The molecule has 0 bridgehead atoms. The largest absolute Gasteiger partial charge is 0.299 e. The number of fused-ring (bicyclic) bond motifs is 1. The van der Waals surface area contributed by atoms with Crippen LogP contribution in [0, 0.1) is 5.92 Å². The van der Waals surface area contributed by atoms with Crippen molar-refractivity contribution in [2.45, 2.75) is 32.1 Å². The van der Waals surface area contributed by atoms with Crippen molar-refractivity contribution in [3.63, 3.8) is 0 Å². The number of hydrogen-bond donors (Lipinski definition) is 0. The Morgan fingerprint density at radius 1 is 0.957 bits per heavy atom. The molecular weight excluding hydrogens is 308 g/mol. The molecule has 0 amide bonds. The first-order valence-corrected chi connectivity index (χ1v) is 8.39. The van der Waals surface area contributed by atoms with Crippen LogP contribution in [0.15, 0.2) is 48.5 Å². The third-order valence-corrected chi connectivity index (χ3v) is 4.82. The lowest BCUT2D eigenvalue weighted by atomic mass is 9.80. The zero-order valence-corrected chi connectivity index (χ0v) is 13.7. The van der Waals surface area contributed by atoms with Gasteiger partial charge >= 0.3 is 0 Å². The number of ketones is 2. The molecule has 0 heterocycles. The fourth-order valence-electron chi connectivity index (χ4n) is 3.19. The Morgan fingerprint density at radius 2 is 1.65 bits per heavy atom. The summed E-state index contributed by atoms with van der Waals surface area (Å²) < 4.78 is 0. The molecule has 23 heavy (non-hydrogen) atoms. The number of halogens is 1. The quantitative estimate of drug-likeness (QED) is 0.748. The molecule has 0 saturated carbocycles. The number of rotatable bonds is 5. The molecule has 0 aromatic heterocycles. The van der Waals surface area contributed by atoms with E-state index in [2.05, 4.69) is 12.1 Å². The lowest BCUT2D eigenvalue weighted by Crippen LogP contribution is -2.23. The van der Waals surface area contributed by atoms with Crippen LogP contribution < -0.4 is 0 Å². The average Bonchev–Trinajstić information content (AvgIpc) is 2.59. The maximum atomic E-state index is 12.4. The zero-order chi connectivity index (χ0) is 16.2. The van der Waals surface area contributed by atoms with E-state index in [1.165, 1.54) is 11.1 Å². The van der Waals surface area contributed by atoms with E-state index in [9.17, 15) is 9.59 Å². The molecule has 2 aromatic rings. The number of benzene rings is 2. The van der Waals surface area contributed by atoms with Gasteiger partial charge in [0.2, 0.25) is 0 Å². The van der Waals surface area contributed by atoms with Crippen molar-refractivity contribution >= 4 is 23.2 Å². The van der Waals surface area contributed by atoms with E-state index in [0.717, 1.165) is 19.3 Å². The second kappa shape index (κ2) is 7.10. The maximum Gasteiger partial charge on any atom is 0.163 e. The van der Waals surface area contributed by atoms with Crippen molar-refractivity contribution in [2.24, 2.45) is 5.92 Å². The second-order valence-electron chi connectivity index (χ2n) is 6.10. The Labute approximate surface area is 141 Å². The molecule has 0 spiro atoms. The summed E-state index contributed by atoms with van der Waals surface area (Å²) >= 11 is 5.82. The number of carbonyl (C=O) groups excluding carboxylic acids is 2. The number of carbonyl (C=O) groups is 2. The normalized spacial score (nSPS) is 16.7. The monoisotopic (exact) mass is 326 g/mol. The molecule has 2 nitrogen and oxygen atoms in total. The molecule has 1 unspecified atom stereocenters. The maximum absolute atomic E-state index is 12.4. The first-order chi connectivity index (χ1) is 11.1. The Bertz CT molecular complexity index is 719. The van der Waals surface area contributed by atoms with Crippen molar-refractivity contribution in [2.75, 3.05) is 0 Å². The summed E-state index contributed by atoms with van der Waals surface area (Å²) in [4.78, 5) is 24.6. The van der Waals surface area contributed by atoms with Gasteiger partial charge in [-0.3, -0.25) is 9.59 Å². The molecule has 1 aliphatic carbocycles. The van der Waals surface area contributed by atoms with Gasteiger partial charge in [0.15, 0.2) is 5.78 Å². The highest BCUT2D eigenvalue weighted by Gasteiger charge is 2.24. The number of Topliss-reactive ketones (excluding diaryl/α,β-unsaturated/α-hetero) is 2. The molecule has 1 atom stereocenters. The minimum Gasteiger partial charge on any atom is -0.299 e. The van der Waals surface area contributed by atoms with Gasteiger partial charge in [-0.05, 0) is 54.7 Å². The van der Waals surface area contributed by atoms with Gasteiger partial charge in [0.25, 0.3) is 0 Å². The third-order valence-electron chi connectivity index (χ3n) is 4.57. The van der Waals surface area contributed by atoms with E-state index in [4.69, 9.17) is 11.6 Å². The van der Waals surface area contributed by atoms with Crippen LogP contribution in [-0.2, 0) is 17.6 Å². The van der Waals surface area contributed by atoms with E-state index in [1.54, 1.807) is 24.3 Å². The fraction of sp³-hybridized carbons (Fsp3) is 0.300. The first-order valence-electron chi connectivity index (χ1n) is 8.02. The van der Waals surface area contributed by atoms with Crippen molar-refractivity contribution < 1.29 is 9.59 Å². The van der Waals surface area contributed by atoms with Crippen LogP contribution >= 0.6 is 11.6 Å². The summed E-state index contributed by atoms with van der Waals surface area (Å²) in [6, 6.07) is 15.1. The Hall–Kier alpha value is -1.93. The van der Waals surface area contributed by atoms with Gasteiger partial charge in [0.05, 0.1) is 0 Å². The number of hydrogen-bond acceptors (Lipinski definition) is 2. The minimum absolute atomic E-state index is 0.00577. The minimum atomic E-state index is 0.00577. The molecule has 0 aliphatic heterocycles. The predicted molar refractivity (Wildman–Crippen MR) is 92.0 cm³/mol. The Morgan fingerprint density at radius 3 is 2.39 bits per heavy atom. The molecule has 2 aromatic carbocycles. The Kier molecular flexibility index (Phi) is 4.92. The molecule has 0 saturated heterocycles. The van der Waals surface area contributed by atoms with E-state index in [1.807, 2.05) is 12.1 Å².